The first-order valence-corrected chi connectivity index (χ1v) is 6.64. The number of rotatable bonds is 2. The Morgan fingerprint density at radius 3 is 2.29 bits per heavy atom. The molecule has 0 bridgehead atoms. The van der Waals surface area contributed by atoms with E-state index in [-0.39, 0.29) is 15.8 Å². The summed E-state index contributed by atoms with van der Waals surface area (Å²) in [6, 6.07) is 12.4. The van der Waals surface area contributed by atoms with Crippen molar-refractivity contribution in [1.29, 1.82) is 0 Å². The lowest BCUT2D eigenvalue weighted by Gasteiger charge is -2.16. The average Bonchev–Trinajstić information content (AvgIpc) is 2.40. The molecule has 0 radical (unpaired) electrons. The highest BCUT2D eigenvalue weighted by Crippen LogP contribution is 2.36. The number of halogens is 4. The van der Waals surface area contributed by atoms with Crippen molar-refractivity contribution in [3.05, 3.63) is 59.1 Å². The normalized spacial score (nSPS) is 11.0. The second-order valence-corrected chi connectivity index (χ2v) is 4.98. The van der Waals surface area contributed by atoms with Crippen molar-refractivity contribution >= 4 is 40.3 Å². The van der Waals surface area contributed by atoms with Crippen LogP contribution >= 0.6 is 23.8 Å². The molecule has 0 atom stereocenters. The molecule has 2 N–H and O–H groups in total. The third-order valence-electron chi connectivity index (χ3n) is 2.57. The zero-order valence-corrected chi connectivity index (χ0v) is 12.1. The molecule has 7 heteroatoms. The van der Waals surface area contributed by atoms with E-state index in [0.29, 0.717) is 5.69 Å². The van der Waals surface area contributed by atoms with Gasteiger partial charge in [0.05, 0.1) is 11.3 Å². The number of nitrogens with one attached hydrogen (secondary N) is 2. The summed E-state index contributed by atoms with van der Waals surface area (Å²) in [5, 5.41) is 5.41. The van der Waals surface area contributed by atoms with Gasteiger partial charge in [-0.25, -0.2) is 0 Å². The van der Waals surface area contributed by atoms with Crippen molar-refractivity contribution < 1.29 is 13.2 Å². The smallest absolute Gasteiger partial charge is 0.332 e. The van der Waals surface area contributed by atoms with Gasteiger partial charge in [-0.2, -0.15) is 13.2 Å². The quantitative estimate of drug-likeness (QED) is 0.743. The molecule has 0 unspecified atom stereocenters. The molecule has 0 spiro atoms. The van der Waals surface area contributed by atoms with Crippen LogP contribution in [0.25, 0.3) is 0 Å². The average molecular weight is 331 g/mol. The molecule has 2 rings (SSSR count). The van der Waals surface area contributed by atoms with Gasteiger partial charge in [0.15, 0.2) is 5.11 Å². The summed E-state index contributed by atoms with van der Waals surface area (Å²) in [6.07, 6.45) is -4.52. The number of alkyl halides is 3. The van der Waals surface area contributed by atoms with E-state index in [1.165, 1.54) is 12.1 Å². The minimum Gasteiger partial charge on any atom is -0.332 e. The van der Waals surface area contributed by atoms with Crippen LogP contribution in [0, 0.1) is 0 Å². The lowest BCUT2D eigenvalue weighted by atomic mass is 10.1. The summed E-state index contributed by atoms with van der Waals surface area (Å²) in [6.45, 7) is 0. The van der Waals surface area contributed by atoms with Crippen molar-refractivity contribution in [3.63, 3.8) is 0 Å². The first-order valence-electron chi connectivity index (χ1n) is 5.86. The van der Waals surface area contributed by atoms with E-state index in [4.69, 9.17) is 23.8 Å². The van der Waals surface area contributed by atoms with Crippen LogP contribution in [0.4, 0.5) is 24.5 Å². The SMILES string of the molecule is FC(F)(F)c1cc(Cl)ccc1NC(=S)Nc1ccccc1. The van der Waals surface area contributed by atoms with E-state index in [1.54, 1.807) is 24.3 Å². The standard InChI is InChI=1S/C14H10ClF3N2S/c15-9-6-7-12(11(8-9)14(16,17)18)20-13(21)19-10-4-2-1-3-5-10/h1-8H,(H2,19,20,21). The number of thiocarbonyl (C=S) groups is 1. The minimum atomic E-state index is -4.52. The van der Waals surface area contributed by atoms with E-state index in [9.17, 15) is 13.2 Å². The van der Waals surface area contributed by atoms with Crippen LogP contribution in [0.5, 0.6) is 0 Å². The molecular formula is C14H10ClF3N2S. The van der Waals surface area contributed by atoms with Gasteiger partial charge in [0.2, 0.25) is 0 Å². The molecule has 0 fully saturated rings. The molecule has 0 saturated heterocycles. The molecule has 0 saturated carbocycles. The Bertz CT molecular complexity index is 644. The lowest BCUT2D eigenvalue weighted by Crippen LogP contribution is -2.21. The summed E-state index contributed by atoms with van der Waals surface area (Å²) < 4.78 is 38.8. The van der Waals surface area contributed by atoms with Gasteiger partial charge in [0.1, 0.15) is 0 Å². The van der Waals surface area contributed by atoms with E-state index in [0.717, 1.165) is 6.07 Å². The number of anilines is 2. The predicted octanol–water partition coefficient (Wildman–Crippen LogP) is 5.17. The summed E-state index contributed by atoms with van der Waals surface area (Å²) in [5.41, 5.74) is -0.343. The first-order chi connectivity index (χ1) is 9.86. The highest BCUT2D eigenvalue weighted by molar-refractivity contribution is 7.80. The van der Waals surface area contributed by atoms with Crippen molar-refractivity contribution in [3.8, 4) is 0 Å². The van der Waals surface area contributed by atoms with Crippen LogP contribution in [0.2, 0.25) is 5.02 Å². The Kier molecular flexibility index (Phi) is 4.69. The Balaban J connectivity index is 2.18. The molecule has 0 heterocycles. The van der Waals surface area contributed by atoms with E-state index < -0.39 is 11.7 Å². The Morgan fingerprint density at radius 2 is 1.67 bits per heavy atom. The van der Waals surface area contributed by atoms with E-state index in [1.807, 2.05) is 6.07 Å². The third-order valence-corrected chi connectivity index (χ3v) is 3.01. The zero-order chi connectivity index (χ0) is 15.5. The second-order valence-electron chi connectivity index (χ2n) is 4.13. The largest absolute Gasteiger partial charge is 0.418 e. The van der Waals surface area contributed by atoms with Crippen LogP contribution in [0.3, 0.4) is 0 Å². The van der Waals surface area contributed by atoms with Crippen molar-refractivity contribution in [2.75, 3.05) is 10.6 Å². The predicted molar refractivity (Wildman–Crippen MR) is 82.7 cm³/mol. The summed E-state index contributed by atoms with van der Waals surface area (Å²) in [7, 11) is 0. The van der Waals surface area contributed by atoms with Crippen LogP contribution in [0.1, 0.15) is 5.56 Å². The molecule has 21 heavy (non-hydrogen) atoms. The van der Waals surface area contributed by atoms with Crippen LogP contribution in [0.15, 0.2) is 48.5 Å². The van der Waals surface area contributed by atoms with Gasteiger partial charge >= 0.3 is 6.18 Å². The number of para-hydroxylation sites is 1. The fourth-order valence-electron chi connectivity index (χ4n) is 1.67. The number of benzene rings is 2. The molecule has 0 aliphatic carbocycles. The summed E-state index contributed by atoms with van der Waals surface area (Å²) >= 11 is 10.6. The molecular weight excluding hydrogens is 321 g/mol. The van der Waals surface area contributed by atoms with Crippen molar-refractivity contribution in [2.45, 2.75) is 6.18 Å². The molecule has 2 nitrogen and oxygen atoms in total. The summed E-state index contributed by atoms with van der Waals surface area (Å²) in [5.74, 6) is 0. The molecule has 110 valence electrons. The zero-order valence-electron chi connectivity index (χ0n) is 10.5. The second kappa shape index (κ2) is 6.32. The van der Waals surface area contributed by atoms with Gasteiger partial charge < -0.3 is 10.6 Å². The topological polar surface area (TPSA) is 24.1 Å². The van der Waals surface area contributed by atoms with E-state index in [2.05, 4.69) is 10.6 Å². The molecule has 2 aromatic carbocycles. The van der Waals surface area contributed by atoms with Gasteiger partial charge in [0, 0.05) is 10.7 Å². The molecule has 0 aromatic heterocycles. The third kappa shape index (κ3) is 4.34. The van der Waals surface area contributed by atoms with Gasteiger partial charge in [-0.05, 0) is 42.5 Å². The molecule has 2 aromatic rings. The fourth-order valence-corrected chi connectivity index (χ4v) is 2.07. The highest BCUT2D eigenvalue weighted by Gasteiger charge is 2.34. The van der Waals surface area contributed by atoms with Gasteiger partial charge in [0.25, 0.3) is 0 Å². The van der Waals surface area contributed by atoms with Crippen molar-refractivity contribution in [1.82, 2.24) is 0 Å². The maximum Gasteiger partial charge on any atom is 0.418 e. The number of hydrogen-bond donors (Lipinski definition) is 2. The number of hydrogen-bond acceptors (Lipinski definition) is 1. The van der Waals surface area contributed by atoms with Crippen LogP contribution < -0.4 is 10.6 Å². The maximum atomic E-state index is 12.9. The van der Waals surface area contributed by atoms with Gasteiger partial charge in [-0.1, -0.05) is 29.8 Å². The fraction of sp³-hybridized carbons (Fsp3) is 0.0714. The van der Waals surface area contributed by atoms with Gasteiger partial charge in [-0.15, -0.1) is 0 Å². The summed E-state index contributed by atoms with van der Waals surface area (Å²) in [4.78, 5) is 0. The van der Waals surface area contributed by atoms with Crippen molar-refractivity contribution in [2.24, 2.45) is 0 Å². The Morgan fingerprint density at radius 1 is 1.00 bits per heavy atom. The van der Waals surface area contributed by atoms with Crippen LogP contribution in [-0.4, -0.2) is 5.11 Å². The molecule has 0 aliphatic rings. The van der Waals surface area contributed by atoms with E-state index >= 15 is 0 Å². The Labute approximate surface area is 129 Å². The monoisotopic (exact) mass is 330 g/mol. The minimum absolute atomic E-state index is 0.00909. The first kappa shape index (κ1) is 15.6. The molecule has 0 aliphatic heterocycles. The Hall–Kier alpha value is -1.79. The molecule has 0 amide bonds. The van der Waals surface area contributed by atoms with Crippen LogP contribution in [-0.2, 0) is 6.18 Å². The highest BCUT2D eigenvalue weighted by atomic mass is 35.5. The van der Waals surface area contributed by atoms with Gasteiger partial charge in [-0.3, -0.25) is 0 Å². The lowest BCUT2D eigenvalue weighted by molar-refractivity contribution is -0.136. The maximum absolute atomic E-state index is 12.9.